The van der Waals surface area contributed by atoms with Crippen LogP contribution >= 0.6 is 11.8 Å². The molecule has 0 amide bonds. The van der Waals surface area contributed by atoms with E-state index in [2.05, 4.69) is 40.1 Å². The van der Waals surface area contributed by atoms with E-state index in [1.165, 1.54) is 24.6 Å². The van der Waals surface area contributed by atoms with Gasteiger partial charge >= 0.3 is 0 Å². The van der Waals surface area contributed by atoms with E-state index in [9.17, 15) is 4.79 Å². The molecule has 148 valence electrons. The Labute approximate surface area is 165 Å². The Morgan fingerprint density at radius 3 is 2.59 bits per heavy atom. The van der Waals surface area contributed by atoms with Gasteiger partial charge in [-0.15, -0.1) is 10.2 Å². The normalized spacial score (nSPS) is 15.5. The third-order valence-corrected chi connectivity index (χ3v) is 6.03. The van der Waals surface area contributed by atoms with Crippen LogP contribution in [-0.2, 0) is 4.74 Å². The first kappa shape index (κ1) is 20.1. The van der Waals surface area contributed by atoms with Crippen molar-refractivity contribution in [3.63, 3.8) is 0 Å². The van der Waals surface area contributed by atoms with Crippen molar-refractivity contribution in [2.75, 3.05) is 19.5 Å². The highest BCUT2D eigenvalue weighted by atomic mass is 32.2. The van der Waals surface area contributed by atoms with Gasteiger partial charge in [0.15, 0.2) is 10.9 Å². The molecule has 27 heavy (non-hydrogen) atoms. The molecule has 7 heteroatoms. The fourth-order valence-electron chi connectivity index (χ4n) is 3.72. The van der Waals surface area contributed by atoms with E-state index >= 15 is 0 Å². The zero-order chi connectivity index (χ0) is 19.7. The van der Waals surface area contributed by atoms with Gasteiger partial charge in [0.05, 0.1) is 18.4 Å². The summed E-state index contributed by atoms with van der Waals surface area (Å²) in [5.41, 5.74) is 2.90. The Morgan fingerprint density at radius 2 is 2.00 bits per heavy atom. The van der Waals surface area contributed by atoms with Crippen LogP contribution in [0.5, 0.6) is 0 Å². The fraction of sp³-hybridized carbons (Fsp3) is 0.650. The summed E-state index contributed by atoms with van der Waals surface area (Å²) in [6.45, 7) is 11.1. The second-order valence-corrected chi connectivity index (χ2v) is 8.71. The van der Waals surface area contributed by atoms with Gasteiger partial charge in [0.1, 0.15) is 5.82 Å². The summed E-state index contributed by atoms with van der Waals surface area (Å²) in [5, 5.41) is 9.61. The number of carbonyl (C=O) groups is 1. The zero-order valence-electron chi connectivity index (χ0n) is 17.2. The van der Waals surface area contributed by atoms with Crippen molar-refractivity contribution in [2.45, 2.75) is 70.6 Å². The van der Waals surface area contributed by atoms with Crippen molar-refractivity contribution >= 4 is 17.5 Å². The average Bonchev–Trinajstić information content (AvgIpc) is 3.28. The molecule has 1 unspecified atom stereocenters. The van der Waals surface area contributed by atoms with Crippen molar-refractivity contribution in [3.8, 4) is 0 Å². The first-order valence-corrected chi connectivity index (χ1v) is 10.6. The quantitative estimate of drug-likeness (QED) is 0.471. The number of hydrogen-bond acceptors (Lipinski definition) is 5. The number of nitrogens with zero attached hydrogens (tertiary/aromatic N) is 4. The Hall–Kier alpha value is -1.60. The van der Waals surface area contributed by atoms with Crippen LogP contribution in [-0.4, -0.2) is 44.6 Å². The number of thioether (sulfide) groups is 1. The molecule has 0 bridgehead atoms. The summed E-state index contributed by atoms with van der Waals surface area (Å²) < 4.78 is 9.71. The molecule has 0 spiro atoms. The molecule has 1 aliphatic rings. The lowest BCUT2D eigenvalue weighted by Gasteiger charge is -2.17. The number of Topliss-reactive ketones (excluding diaryl/α,β-unsaturated/α-hetero) is 1. The Morgan fingerprint density at radius 1 is 1.30 bits per heavy atom. The standard InChI is InChI=1S/C20H30N4O2S/c1-12(2)19-21-22-20(24(19)16-7-8-16)27-11-18(25)17-9-13(3)23(15(17)5)14(4)10-26-6/h9,12,14,16H,7-8,10-11H2,1-6H3. The average molecular weight is 391 g/mol. The molecule has 6 nitrogen and oxygen atoms in total. The summed E-state index contributed by atoms with van der Waals surface area (Å²) in [7, 11) is 1.70. The van der Waals surface area contributed by atoms with Gasteiger partial charge < -0.3 is 13.9 Å². The minimum Gasteiger partial charge on any atom is -0.383 e. The van der Waals surface area contributed by atoms with Gasteiger partial charge in [0, 0.05) is 36.0 Å². The number of ether oxygens (including phenoxy) is 1. The molecule has 3 rings (SSSR count). The van der Waals surface area contributed by atoms with Gasteiger partial charge in [-0.3, -0.25) is 4.79 Å². The van der Waals surface area contributed by atoms with Gasteiger partial charge in [0.25, 0.3) is 0 Å². The van der Waals surface area contributed by atoms with E-state index in [1.54, 1.807) is 7.11 Å². The molecule has 0 aliphatic heterocycles. The minimum absolute atomic E-state index is 0.139. The van der Waals surface area contributed by atoms with E-state index in [4.69, 9.17) is 4.74 Å². The maximum Gasteiger partial charge on any atom is 0.191 e. The number of rotatable bonds is 9. The molecule has 1 aliphatic carbocycles. The van der Waals surface area contributed by atoms with Crippen LogP contribution in [0.25, 0.3) is 0 Å². The molecule has 2 aromatic heterocycles. The summed E-state index contributed by atoms with van der Waals surface area (Å²) in [4.78, 5) is 12.9. The molecule has 1 atom stereocenters. The number of aromatic nitrogens is 4. The molecule has 1 fully saturated rings. The van der Waals surface area contributed by atoms with Crippen LogP contribution in [0.1, 0.15) is 79.2 Å². The van der Waals surface area contributed by atoms with E-state index in [1.807, 2.05) is 19.9 Å². The fourth-order valence-corrected chi connectivity index (χ4v) is 4.61. The number of ketones is 1. The second kappa shape index (κ2) is 8.19. The van der Waals surface area contributed by atoms with Crippen molar-refractivity contribution in [1.29, 1.82) is 0 Å². The van der Waals surface area contributed by atoms with Crippen molar-refractivity contribution in [3.05, 3.63) is 28.8 Å². The number of carbonyl (C=O) groups excluding carboxylic acids is 1. The van der Waals surface area contributed by atoms with Gasteiger partial charge in [0.2, 0.25) is 0 Å². The molecular formula is C20H30N4O2S. The van der Waals surface area contributed by atoms with Crippen LogP contribution in [0.3, 0.4) is 0 Å². The third kappa shape index (κ3) is 4.14. The summed E-state index contributed by atoms with van der Waals surface area (Å²) in [6.07, 6.45) is 2.36. The number of methoxy groups -OCH3 is 1. The number of aryl methyl sites for hydroxylation is 1. The highest BCUT2D eigenvalue weighted by Gasteiger charge is 2.31. The summed E-state index contributed by atoms with van der Waals surface area (Å²) >= 11 is 1.50. The van der Waals surface area contributed by atoms with E-state index in [-0.39, 0.29) is 11.8 Å². The van der Waals surface area contributed by atoms with E-state index < -0.39 is 0 Å². The lowest BCUT2D eigenvalue weighted by atomic mass is 10.2. The van der Waals surface area contributed by atoms with Gasteiger partial charge in [-0.05, 0) is 39.7 Å². The maximum absolute atomic E-state index is 12.9. The molecule has 2 aromatic rings. The number of hydrogen-bond donors (Lipinski definition) is 0. The highest BCUT2D eigenvalue weighted by molar-refractivity contribution is 7.99. The van der Waals surface area contributed by atoms with Crippen LogP contribution in [0.4, 0.5) is 0 Å². The van der Waals surface area contributed by atoms with Crippen molar-refractivity contribution in [1.82, 2.24) is 19.3 Å². The predicted octanol–water partition coefficient (Wildman–Crippen LogP) is 4.34. The van der Waals surface area contributed by atoms with Gasteiger partial charge in [-0.25, -0.2) is 0 Å². The van der Waals surface area contributed by atoms with E-state index in [0.29, 0.717) is 24.3 Å². The smallest absolute Gasteiger partial charge is 0.191 e. The minimum atomic E-state index is 0.139. The molecule has 0 radical (unpaired) electrons. The monoisotopic (exact) mass is 390 g/mol. The topological polar surface area (TPSA) is 61.9 Å². The van der Waals surface area contributed by atoms with Crippen LogP contribution in [0.2, 0.25) is 0 Å². The van der Waals surface area contributed by atoms with E-state index in [0.717, 1.165) is 27.9 Å². The Kier molecular flexibility index (Phi) is 6.11. The first-order valence-electron chi connectivity index (χ1n) is 9.63. The van der Waals surface area contributed by atoms with Crippen LogP contribution in [0, 0.1) is 13.8 Å². The van der Waals surface area contributed by atoms with Crippen LogP contribution in [0.15, 0.2) is 11.2 Å². The maximum atomic E-state index is 12.9. The lowest BCUT2D eigenvalue weighted by molar-refractivity contribution is 0.102. The van der Waals surface area contributed by atoms with Gasteiger partial charge in [-0.1, -0.05) is 25.6 Å². The molecule has 2 heterocycles. The van der Waals surface area contributed by atoms with Gasteiger partial charge in [-0.2, -0.15) is 0 Å². The third-order valence-electron chi connectivity index (χ3n) is 5.09. The molecule has 1 saturated carbocycles. The molecule has 0 aromatic carbocycles. The Balaban J connectivity index is 1.75. The summed E-state index contributed by atoms with van der Waals surface area (Å²) in [5.74, 6) is 1.88. The molecule has 0 saturated heterocycles. The zero-order valence-corrected chi connectivity index (χ0v) is 18.0. The first-order chi connectivity index (χ1) is 12.8. The molecule has 0 N–H and O–H groups in total. The predicted molar refractivity (Wildman–Crippen MR) is 108 cm³/mol. The SMILES string of the molecule is COCC(C)n1c(C)cc(C(=O)CSc2nnc(C(C)C)n2C2CC2)c1C. The Bertz CT molecular complexity index is 820. The van der Waals surface area contributed by atoms with Crippen molar-refractivity contribution in [2.24, 2.45) is 0 Å². The lowest BCUT2D eigenvalue weighted by Crippen LogP contribution is -2.15. The van der Waals surface area contributed by atoms with Crippen LogP contribution < -0.4 is 0 Å². The second-order valence-electron chi connectivity index (χ2n) is 7.77. The highest BCUT2D eigenvalue weighted by Crippen LogP contribution is 2.40. The summed E-state index contributed by atoms with van der Waals surface area (Å²) in [6, 6.07) is 2.71. The largest absolute Gasteiger partial charge is 0.383 e. The molecular weight excluding hydrogens is 360 g/mol. The van der Waals surface area contributed by atoms with Crippen molar-refractivity contribution < 1.29 is 9.53 Å².